The third-order valence-corrected chi connectivity index (χ3v) is 7.82. The molecule has 2 aromatic rings. The van der Waals surface area contributed by atoms with Crippen LogP contribution in [0, 0.1) is 0 Å². The number of hydrogen-bond acceptors (Lipinski definition) is 6. The summed E-state index contributed by atoms with van der Waals surface area (Å²) in [6.07, 6.45) is 17.1. The number of azo groups is 1. The molecule has 212 valence electrons. The molecule has 39 heavy (non-hydrogen) atoms. The maximum absolute atomic E-state index is 13.2. The van der Waals surface area contributed by atoms with Crippen molar-refractivity contribution >= 4 is 33.1 Å². The van der Waals surface area contributed by atoms with E-state index >= 15 is 0 Å². The molecule has 0 radical (unpaired) electrons. The Hall–Kier alpha value is -2.91. The number of unbranched alkanes of at least 4 members (excludes halogenated alkanes) is 12. The molecule has 0 aromatic heterocycles. The summed E-state index contributed by atoms with van der Waals surface area (Å²) in [5, 5.41) is 14.4. The van der Waals surface area contributed by atoms with Crippen LogP contribution < -0.4 is 5.01 Å². The van der Waals surface area contributed by atoms with Crippen molar-refractivity contribution < 1.29 is 17.8 Å². The smallest absolute Gasteiger partial charge is 0.282 e. The van der Waals surface area contributed by atoms with E-state index in [9.17, 15) is 17.8 Å². The second-order valence-corrected chi connectivity index (χ2v) is 11.6. The molecular formula is C30H42N4O4S. The predicted molar refractivity (Wildman–Crippen MR) is 156 cm³/mol. The van der Waals surface area contributed by atoms with Crippen molar-refractivity contribution in [3.05, 3.63) is 54.6 Å². The van der Waals surface area contributed by atoms with Gasteiger partial charge in [-0.2, -0.15) is 28.8 Å². The largest absolute Gasteiger partial charge is 0.294 e. The fourth-order valence-electron chi connectivity index (χ4n) is 4.68. The molecule has 3 rings (SSSR count). The van der Waals surface area contributed by atoms with Crippen molar-refractivity contribution in [1.82, 2.24) is 0 Å². The van der Waals surface area contributed by atoms with Gasteiger partial charge in [-0.3, -0.25) is 9.35 Å². The summed E-state index contributed by atoms with van der Waals surface area (Å²) in [5.74, 6) is -0.334. The maximum Gasteiger partial charge on any atom is 0.294 e. The van der Waals surface area contributed by atoms with Gasteiger partial charge in [-0.25, -0.2) is 0 Å². The molecular weight excluding hydrogens is 512 g/mol. The summed E-state index contributed by atoms with van der Waals surface area (Å²) in [5.41, 5.74) is 1.72. The van der Waals surface area contributed by atoms with E-state index in [4.69, 9.17) is 0 Å². The fourth-order valence-corrected chi connectivity index (χ4v) is 5.16. The minimum atomic E-state index is -4.32. The molecule has 1 N–H and O–H groups in total. The van der Waals surface area contributed by atoms with Crippen LogP contribution in [0.25, 0.3) is 0 Å². The maximum atomic E-state index is 13.2. The number of rotatable bonds is 18. The topological polar surface area (TPSA) is 112 Å². The Balaban J connectivity index is 1.51. The monoisotopic (exact) mass is 554 g/mol. The lowest BCUT2D eigenvalue weighted by Crippen LogP contribution is -2.30. The van der Waals surface area contributed by atoms with Crippen molar-refractivity contribution in [2.24, 2.45) is 15.3 Å². The summed E-state index contributed by atoms with van der Waals surface area (Å²) >= 11 is 0. The zero-order valence-corrected chi connectivity index (χ0v) is 23.9. The lowest BCUT2D eigenvalue weighted by molar-refractivity contribution is -0.117. The van der Waals surface area contributed by atoms with Crippen molar-refractivity contribution in [2.75, 3.05) is 5.01 Å². The molecule has 8 nitrogen and oxygen atoms in total. The van der Waals surface area contributed by atoms with Crippen molar-refractivity contribution in [1.29, 1.82) is 0 Å². The first-order valence-electron chi connectivity index (χ1n) is 14.3. The molecule has 0 saturated carbocycles. The standard InChI is InChI=1S/C30H42N4O4S/c1-2-3-4-5-6-7-8-9-10-11-12-13-17-20-28-29(32-31-25-18-15-14-16-19-25)30(35)34(33-28)26-21-23-27(24-22-26)39(36,37)38/h14-16,18-19,21-24,29H,2-13,17,20H2,1H3,(H,36,37,38)/t29-/m0/s1. The Kier molecular flexibility index (Phi) is 12.8. The molecule has 1 amide bonds. The van der Waals surface area contributed by atoms with Gasteiger partial charge in [0.25, 0.3) is 16.0 Å². The molecule has 1 aliphatic heterocycles. The molecule has 1 atom stereocenters. The highest BCUT2D eigenvalue weighted by Crippen LogP contribution is 2.27. The van der Waals surface area contributed by atoms with Crippen LogP contribution in [0.4, 0.5) is 11.4 Å². The Morgan fingerprint density at radius 2 is 1.33 bits per heavy atom. The predicted octanol–water partition coefficient (Wildman–Crippen LogP) is 8.27. The third-order valence-electron chi connectivity index (χ3n) is 6.95. The third kappa shape index (κ3) is 10.3. The van der Waals surface area contributed by atoms with E-state index in [2.05, 4.69) is 22.3 Å². The van der Waals surface area contributed by atoms with Gasteiger partial charge in [0.1, 0.15) is 0 Å². The van der Waals surface area contributed by atoms with Crippen LogP contribution in [0.3, 0.4) is 0 Å². The Morgan fingerprint density at radius 1 is 0.795 bits per heavy atom. The van der Waals surface area contributed by atoms with E-state index in [0.717, 1.165) is 19.3 Å². The van der Waals surface area contributed by atoms with Crippen molar-refractivity contribution in [2.45, 2.75) is 108 Å². The summed E-state index contributed by atoms with van der Waals surface area (Å²) in [6, 6.07) is 13.8. The van der Waals surface area contributed by atoms with Gasteiger partial charge < -0.3 is 0 Å². The molecule has 0 bridgehead atoms. The highest BCUT2D eigenvalue weighted by atomic mass is 32.2. The zero-order valence-electron chi connectivity index (χ0n) is 23.0. The molecule has 9 heteroatoms. The minimum absolute atomic E-state index is 0.241. The lowest BCUT2D eigenvalue weighted by atomic mass is 10.0. The second kappa shape index (κ2) is 16.3. The average Bonchev–Trinajstić information content (AvgIpc) is 3.25. The van der Waals surface area contributed by atoms with Crippen LogP contribution in [0.5, 0.6) is 0 Å². The van der Waals surface area contributed by atoms with Gasteiger partial charge in [-0.05, 0) is 49.2 Å². The number of amides is 1. The number of nitrogens with zero attached hydrogens (tertiary/aromatic N) is 4. The van der Waals surface area contributed by atoms with E-state index in [1.165, 1.54) is 93.5 Å². The first-order valence-corrected chi connectivity index (χ1v) is 15.8. The molecule has 0 spiro atoms. The highest BCUT2D eigenvalue weighted by molar-refractivity contribution is 7.85. The molecule has 0 aliphatic carbocycles. The number of hydrogen-bond donors (Lipinski definition) is 1. The van der Waals surface area contributed by atoms with Gasteiger partial charge in [-0.15, -0.1) is 0 Å². The zero-order chi connectivity index (χ0) is 27.9. The molecule has 0 saturated heterocycles. The van der Waals surface area contributed by atoms with E-state index in [1.807, 2.05) is 30.3 Å². The van der Waals surface area contributed by atoms with Gasteiger partial charge >= 0.3 is 0 Å². The van der Waals surface area contributed by atoms with Crippen molar-refractivity contribution in [3.8, 4) is 0 Å². The highest BCUT2D eigenvalue weighted by Gasteiger charge is 2.36. The SMILES string of the molecule is CCCCCCCCCCCCCCCC1=NN(c2ccc(S(=O)(=O)O)cc2)C(=O)[C@H]1N=Nc1ccccc1. The van der Waals surface area contributed by atoms with Gasteiger partial charge in [0.15, 0.2) is 6.04 Å². The molecule has 0 fully saturated rings. The van der Waals surface area contributed by atoms with E-state index in [0.29, 0.717) is 23.5 Å². The molecule has 0 unspecified atom stereocenters. The normalized spacial score (nSPS) is 15.8. The van der Waals surface area contributed by atoms with Crippen LogP contribution in [0.2, 0.25) is 0 Å². The van der Waals surface area contributed by atoms with E-state index in [-0.39, 0.29) is 10.8 Å². The number of carbonyl (C=O) groups excluding carboxylic acids is 1. The minimum Gasteiger partial charge on any atom is -0.282 e. The Labute approximate surface area is 233 Å². The van der Waals surface area contributed by atoms with Gasteiger partial charge in [-0.1, -0.05) is 102 Å². The quantitative estimate of drug-likeness (QED) is 0.113. The summed E-state index contributed by atoms with van der Waals surface area (Å²) in [4.78, 5) is 13.0. The first kappa shape index (κ1) is 30.6. The second-order valence-electron chi connectivity index (χ2n) is 10.2. The van der Waals surface area contributed by atoms with Gasteiger partial charge in [0.05, 0.1) is 22.0 Å². The van der Waals surface area contributed by atoms with Crippen LogP contribution in [0.15, 0.2) is 74.8 Å². The van der Waals surface area contributed by atoms with Gasteiger partial charge in [0.2, 0.25) is 0 Å². The number of carbonyl (C=O) groups is 1. The number of benzene rings is 2. The van der Waals surface area contributed by atoms with E-state index < -0.39 is 16.2 Å². The lowest BCUT2D eigenvalue weighted by Gasteiger charge is -2.12. The van der Waals surface area contributed by atoms with Crippen LogP contribution in [-0.4, -0.2) is 30.6 Å². The molecule has 1 heterocycles. The summed E-state index contributed by atoms with van der Waals surface area (Å²) < 4.78 is 32.0. The van der Waals surface area contributed by atoms with Crippen molar-refractivity contribution in [3.63, 3.8) is 0 Å². The Bertz CT molecular complexity index is 1180. The van der Waals surface area contributed by atoms with Crippen LogP contribution in [-0.2, 0) is 14.9 Å². The fraction of sp³-hybridized carbons (Fsp3) is 0.533. The molecule has 1 aliphatic rings. The summed E-state index contributed by atoms with van der Waals surface area (Å²) in [7, 11) is -4.32. The summed E-state index contributed by atoms with van der Waals surface area (Å²) in [6.45, 7) is 2.25. The van der Waals surface area contributed by atoms with Crippen LogP contribution >= 0.6 is 0 Å². The number of anilines is 1. The first-order chi connectivity index (χ1) is 18.9. The molecule has 2 aromatic carbocycles. The van der Waals surface area contributed by atoms with Gasteiger partial charge in [0, 0.05) is 0 Å². The average molecular weight is 555 g/mol. The van der Waals surface area contributed by atoms with E-state index in [1.54, 1.807) is 0 Å². The number of hydrazone groups is 1. The Morgan fingerprint density at radius 3 is 1.87 bits per heavy atom. The van der Waals surface area contributed by atoms with Crippen LogP contribution in [0.1, 0.15) is 96.8 Å².